The van der Waals surface area contributed by atoms with E-state index in [1.54, 1.807) is 27.4 Å². The topological polar surface area (TPSA) is 79.5 Å². The van der Waals surface area contributed by atoms with Crippen molar-refractivity contribution in [1.29, 1.82) is 0 Å². The fourth-order valence-electron chi connectivity index (χ4n) is 3.28. The fraction of sp³-hybridized carbons (Fsp3) is 0.211. The molecule has 3 aromatic heterocycles. The Kier molecular flexibility index (Phi) is 3.70. The van der Waals surface area contributed by atoms with Crippen LogP contribution in [0.1, 0.15) is 12.0 Å². The first-order chi connectivity index (χ1) is 13.1. The number of anilines is 1. The van der Waals surface area contributed by atoms with Crippen molar-refractivity contribution in [2.75, 3.05) is 5.32 Å². The molecule has 0 spiro atoms. The summed E-state index contributed by atoms with van der Waals surface area (Å²) < 4.78 is 15.9. The van der Waals surface area contributed by atoms with Gasteiger partial charge in [0.05, 0.1) is 34.4 Å². The Morgan fingerprint density at radius 3 is 2.96 bits per heavy atom. The average Bonchev–Trinajstić information content (AvgIpc) is 3.07. The number of halogens is 1. The first kappa shape index (κ1) is 16.3. The lowest BCUT2D eigenvalue weighted by molar-refractivity contribution is -0.117. The molecule has 6 nitrogen and oxygen atoms in total. The van der Waals surface area contributed by atoms with Gasteiger partial charge < -0.3 is 14.8 Å². The summed E-state index contributed by atoms with van der Waals surface area (Å²) >= 11 is 1.55. The summed E-state index contributed by atoms with van der Waals surface area (Å²) in [7, 11) is 0. The number of thiazole rings is 1. The van der Waals surface area contributed by atoms with E-state index in [4.69, 9.17) is 0 Å². The smallest absolute Gasteiger partial charge is 0.231 e. The molecule has 1 amide bonds. The number of hydrogen-bond donors (Lipinski definition) is 2. The molecule has 2 unspecified atom stereocenters. The first-order valence-electron chi connectivity index (χ1n) is 8.54. The number of aliphatic hydroxyl groups is 1. The number of imidazole rings is 1. The zero-order valence-corrected chi connectivity index (χ0v) is 14.9. The predicted octanol–water partition coefficient (Wildman–Crippen LogP) is 3.40. The molecule has 136 valence electrons. The monoisotopic (exact) mass is 382 g/mol. The van der Waals surface area contributed by atoms with E-state index in [0.717, 1.165) is 26.9 Å². The Morgan fingerprint density at radius 2 is 2.19 bits per heavy atom. The Balaban J connectivity index is 1.55. The molecule has 1 aromatic carbocycles. The minimum absolute atomic E-state index is 0.0855. The van der Waals surface area contributed by atoms with Gasteiger partial charge in [-0.05, 0) is 30.2 Å². The second-order valence-corrected chi connectivity index (χ2v) is 7.50. The molecule has 2 N–H and O–H groups in total. The van der Waals surface area contributed by atoms with Gasteiger partial charge in [0.2, 0.25) is 5.91 Å². The molecular formula is C19H15FN4O2S. The van der Waals surface area contributed by atoms with E-state index < -0.39 is 12.1 Å². The second-order valence-electron chi connectivity index (χ2n) is 6.61. The number of alkyl halides is 1. The number of pyridine rings is 1. The maximum Gasteiger partial charge on any atom is 0.231 e. The number of hydrogen-bond acceptors (Lipinski definition) is 5. The molecule has 4 aromatic rings. The van der Waals surface area contributed by atoms with Gasteiger partial charge in [0.1, 0.15) is 11.8 Å². The van der Waals surface area contributed by atoms with Gasteiger partial charge in [-0.2, -0.15) is 0 Å². The number of aliphatic hydroxyl groups excluding tert-OH is 1. The van der Waals surface area contributed by atoms with Gasteiger partial charge in [0.15, 0.2) is 5.82 Å². The Bertz CT molecular complexity index is 1190. The van der Waals surface area contributed by atoms with Gasteiger partial charge in [0.25, 0.3) is 0 Å². The van der Waals surface area contributed by atoms with Gasteiger partial charge in [-0.15, -0.1) is 11.3 Å². The van der Waals surface area contributed by atoms with Crippen molar-refractivity contribution >= 4 is 38.9 Å². The lowest BCUT2D eigenvalue weighted by Crippen LogP contribution is -2.15. The van der Waals surface area contributed by atoms with Crippen LogP contribution < -0.4 is 5.32 Å². The minimum atomic E-state index is -1.04. The molecule has 1 saturated carbocycles. The highest BCUT2D eigenvalue weighted by molar-refractivity contribution is 7.16. The van der Waals surface area contributed by atoms with E-state index >= 15 is 0 Å². The van der Waals surface area contributed by atoms with Crippen molar-refractivity contribution in [3.8, 4) is 11.1 Å². The molecule has 0 aliphatic heterocycles. The molecule has 0 saturated heterocycles. The summed E-state index contributed by atoms with van der Waals surface area (Å²) in [6.07, 6.45) is 2.83. The van der Waals surface area contributed by atoms with Crippen molar-refractivity contribution in [3.05, 3.63) is 47.7 Å². The molecular weight excluding hydrogens is 367 g/mol. The third kappa shape index (κ3) is 2.77. The summed E-state index contributed by atoms with van der Waals surface area (Å²) in [6, 6.07) is 7.62. The van der Waals surface area contributed by atoms with Crippen LogP contribution in [0.3, 0.4) is 0 Å². The number of benzene rings is 1. The van der Waals surface area contributed by atoms with Crippen molar-refractivity contribution in [1.82, 2.24) is 14.4 Å². The maximum atomic E-state index is 13.0. The fourth-order valence-corrected chi connectivity index (χ4v) is 3.97. The lowest BCUT2D eigenvalue weighted by Gasteiger charge is -2.09. The van der Waals surface area contributed by atoms with Crippen LogP contribution in [-0.4, -0.2) is 31.6 Å². The van der Waals surface area contributed by atoms with Gasteiger partial charge in [-0.25, -0.2) is 14.4 Å². The molecule has 0 radical (unpaired) electrons. The van der Waals surface area contributed by atoms with Gasteiger partial charge in [0, 0.05) is 17.3 Å². The lowest BCUT2D eigenvalue weighted by atomic mass is 10.0. The number of nitrogens with zero attached hydrogens (tertiary/aromatic N) is 3. The van der Waals surface area contributed by atoms with Gasteiger partial charge in [-0.3, -0.25) is 4.79 Å². The summed E-state index contributed by atoms with van der Waals surface area (Å²) in [5.41, 5.74) is 5.87. The number of carbonyl (C=O) groups excluding carboxylic acids is 1. The van der Waals surface area contributed by atoms with Crippen LogP contribution in [0.15, 0.2) is 42.2 Å². The Hall–Kier alpha value is -2.84. The molecule has 27 heavy (non-hydrogen) atoms. The Labute approximate surface area is 157 Å². The maximum absolute atomic E-state index is 13.0. The average molecular weight is 382 g/mol. The Morgan fingerprint density at radius 1 is 1.33 bits per heavy atom. The van der Waals surface area contributed by atoms with E-state index in [1.165, 1.54) is 0 Å². The number of aromatic nitrogens is 3. The van der Waals surface area contributed by atoms with Gasteiger partial charge >= 0.3 is 0 Å². The summed E-state index contributed by atoms with van der Waals surface area (Å²) in [6.45, 7) is -0.0855. The molecule has 8 heteroatoms. The van der Waals surface area contributed by atoms with E-state index in [2.05, 4.69) is 15.3 Å². The third-order valence-corrected chi connectivity index (χ3v) is 5.59. The van der Waals surface area contributed by atoms with Crippen LogP contribution in [-0.2, 0) is 11.4 Å². The SMILES string of the molecule is O=C(Nc1cn2cc(-c3c(CO)ccc4scnc34)ccc2n1)C1CC1F. The largest absolute Gasteiger partial charge is 0.392 e. The molecule has 3 heterocycles. The highest BCUT2D eigenvalue weighted by atomic mass is 32.1. The number of fused-ring (bicyclic) bond motifs is 2. The quantitative estimate of drug-likeness (QED) is 0.567. The number of amides is 1. The predicted molar refractivity (Wildman–Crippen MR) is 101 cm³/mol. The van der Waals surface area contributed by atoms with Crippen LogP contribution >= 0.6 is 11.3 Å². The van der Waals surface area contributed by atoms with E-state index in [0.29, 0.717) is 11.5 Å². The van der Waals surface area contributed by atoms with Crippen molar-refractivity contribution < 1.29 is 14.3 Å². The van der Waals surface area contributed by atoms with Crippen molar-refractivity contribution in [2.45, 2.75) is 19.2 Å². The third-order valence-electron chi connectivity index (χ3n) is 4.80. The van der Waals surface area contributed by atoms with Crippen molar-refractivity contribution in [3.63, 3.8) is 0 Å². The first-order valence-corrected chi connectivity index (χ1v) is 9.42. The van der Waals surface area contributed by atoms with Crippen LogP contribution in [0, 0.1) is 5.92 Å². The number of nitrogens with one attached hydrogen (secondary N) is 1. The zero-order chi connectivity index (χ0) is 18.5. The van der Waals surface area contributed by atoms with Gasteiger partial charge in [-0.1, -0.05) is 6.07 Å². The summed E-state index contributed by atoms with van der Waals surface area (Å²) in [4.78, 5) is 20.7. The molecule has 0 bridgehead atoms. The van der Waals surface area contributed by atoms with E-state index in [-0.39, 0.29) is 18.9 Å². The molecule has 1 fully saturated rings. The van der Waals surface area contributed by atoms with Crippen LogP contribution in [0.4, 0.5) is 10.2 Å². The number of rotatable bonds is 4. The summed E-state index contributed by atoms with van der Waals surface area (Å²) in [5.74, 6) is -0.494. The van der Waals surface area contributed by atoms with E-state index in [9.17, 15) is 14.3 Å². The minimum Gasteiger partial charge on any atom is -0.392 e. The molecule has 5 rings (SSSR count). The van der Waals surface area contributed by atoms with Crippen LogP contribution in [0.2, 0.25) is 0 Å². The molecule has 2 atom stereocenters. The van der Waals surface area contributed by atoms with Crippen LogP contribution in [0.5, 0.6) is 0 Å². The standard InChI is InChI=1S/C19H15FN4O2S/c20-13-5-12(13)19(26)23-15-7-24-6-10(2-4-16(24)22-15)17-11(8-25)1-3-14-18(17)21-9-27-14/h1-4,6-7,9,12-13,25H,5,8H2,(H,23,26). The van der Waals surface area contributed by atoms with E-state index in [1.807, 2.05) is 30.5 Å². The number of carbonyl (C=O) groups is 1. The second kappa shape index (κ2) is 6.11. The highest BCUT2D eigenvalue weighted by Crippen LogP contribution is 2.35. The summed E-state index contributed by atoms with van der Waals surface area (Å²) in [5, 5.41) is 12.4. The zero-order valence-electron chi connectivity index (χ0n) is 14.1. The highest BCUT2D eigenvalue weighted by Gasteiger charge is 2.43. The van der Waals surface area contributed by atoms with Crippen LogP contribution in [0.25, 0.3) is 27.0 Å². The normalized spacial score (nSPS) is 18.9. The van der Waals surface area contributed by atoms with Crippen molar-refractivity contribution in [2.24, 2.45) is 5.92 Å². The molecule has 1 aliphatic rings. The molecule has 1 aliphatic carbocycles.